The SMILES string of the molecule is O=C(O)c1ccc(-c2ccc(O)cc2O)c(C(=O)O)c1. The van der Waals surface area contributed by atoms with Crippen molar-refractivity contribution in [3.8, 4) is 22.6 Å². The van der Waals surface area contributed by atoms with Crippen LogP contribution in [0, 0.1) is 0 Å². The molecule has 102 valence electrons. The fourth-order valence-electron chi connectivity index (χ4n) is 1.84. The Labute approximate surface area is 113 Å². The van der Waals surface area contributed by atoms with Crippen LogP contribution >= 0.6 is 0 Å². The van der Waals surface area contributed by atoms with E-state index in [0.29, 0.717) is 0 Å². The topological polar surface area (TPSA) is 115 Å². The molecule has 0 atom stereocenters. The van der Waals surface area contributed by atoms with Crippen molar-refractivity contribution in [3.63, 3.8) is 0 Å². The van der Waals surface area contributed by atoms with E-state index in [1.54, 1.807) is 0 Å². The van der Waals surface area contributed by atoms with Crippen molar-refractivity contribution in [2.24, 2.45) is 0 Å². The predicted molar refractivity (Wildman–Crippen MR) is 69.1 cm³/mol. The first-order chi connectivity index (χ1) is 9.40. The highest BCUT2D eigenvalue weighted by atomic mass is 16.4. The van der Waals surface area contributed by atoms with Crippen LogP contribution < -0.4 is 0 Å². The molecular weight excluding hydrogens is 264 g/mol. The third-order valence-corrected chi connectivity index (χ3v) is 2.77. The average molecular weight is 274 g/mol. The number of carbonyl (C=O) groups is 2. The molecule has 0 saturated carbocycles. The number of hydrogen-bond donors (Lipinski definition) is 4. The molecule has 0 aromatic heterocycles. The molecule has 0 bridgehead atoms. The summed E-state index contributed by atoms with van der Waals surface area (Å²) in [6.45, 7) is 0. The highest BCUT2D eigenvalue weighted by molar-refractivity contribution is 6.00. The number of carboxylic acid groups (broad SMARTS) is 2. The van der Waals surface area contributed by atoms with Gasteiger partial charge >= 0.3 is 11.9 Å². The van der Waals surface area contributed by atoms with Gasteiger partial charge in [0, 0.05) is 11.6 Å². The molecule has 6 heteroatoms. The fourth-order valence-corrected chi connectivity index (χ4v) is 1.84. The van der Waals surface area contributed by atoms with Crippen LogP contribution in [0.3, 0.4) is 0 Å². The molecular formula is C14H10O6. The Morgan fingerprint density at radius 3 is 2.00 bits per heavy atom. The zero-order valence-corrected chi connectivity index (χ0v) is 10.1. The molecule has 0 saturated heterocycles. The van der Waals surface area contributed by atoms with Crippen molar-refractivity contribution in [3.05, 3.63) is 47.5 Å². The van der Waals surface area contributed by atoms with Gasteiger partial charge in [-0.2, -0.15) is 0 Å². The van der Waals surface area contributed by atoms with Crippen LogP contribution in [0.2, 0.25) is 0 Å². The first kappa shape index (κ1) is 13.4. The molecule has 0 aliphatic carbocycles. The molecule has 0 amide bonds. The van der Waals surface area contributed by atoms with E-state index in [0.717, 1.165) is 12.1 Å². The predicted octanol–water partition coefficient (Wildman–Crippen LogP) is 2.16. The van der Waals surface area contributed by atoms with E-state index >= 15 is 0 Å². The number of hydrogen-bond acceptors (Lipinski definition) is 4. The minimum Gasteiger partial charge on any atom is -0.508 e. The lowest BCUT2D eigenvalue weighted by molar-refractivity contribution is 0.0696. The quantitative estimate of drug-likeness (QED) is 0.681. The normalized spacial score (nSPS) is 10.2. The maximum Gasteiger partial charge on any atom is 0.336 e. The summed E-state index contributed by atoms with van der Waals surface area (Å²) in [5.74, 6) is -3.01. The van der Waals surface area contributed by atoms with Crippen LogP contribution in [0.1, 0.15) is 20.7 Å². The lowest BCUT2D eigenvalue weighted by Gasteiger charge is -2.09. The van der Waals surface area contributed by atoms with Crippen molar-refractivity contribution in [2.45, 2.75) is 0 Å². The molecule has 2 aromatic rings. The Balaban J connectivity index is 2.67. The van der Waals surface area contributed by atoms with E-state index in [1.807, 2.05) is 0 Å². The van der Waals surface area contributed by atoms with E-state index in [2.05, 4.69) is 0 Å². The molecule has 2 rings (SSSR count). The molecule has 4 N–H and O–H groups in total. The number of rotatable bonds is 3. The Kier molecular flexibility index (Phi) is 3.30. The fraction of sp³-hybridized carbons (Fsp3) is 0. The van der Waals surface area contributed by atoms with Crippen LogP contribution in [-0.4, -0.2) is 32.4 Å². The monoisotopic (exact) mass is 274 g/mol. The Morgan fingerprint density at radius 1 is 0.800 bits per heavy atom. The minimum atomic E-state index is -1.31. The van der Waals surface area contributed by atoms with Crippen LogP contribution in [0.5, 0.6) is 11.5 Å². The first-order valence-corrected chi connectivity index (χ1v) is 5.53. The molecule has 20 heavy (non-hydrogen) atoms. The molecule has 6 nitrogen and oxygen atoms in total. The molecule has 0 spiro atoms. The molecule has 0 heterocycles. The standard InChI is InChI=1S/C14H10O6/c15-8-2-4-10(12(16)6-8)9-3-1-7(13(17)18)5-11(9)14(19)20/h1-6,15-16H,(H,17,18)(H,19,20). The van der Waals surface area contributed by atoms with Gasteiger partial charge in [-0.05, 0) is 29.8 Å². The van der Waals surface area contributed by atoms with Crippen molar-refractivity contribution in [1.82, 2.24) is 0 Å². The maximum atomic E-state index is 11.2. The Hall–Kier alpha value is -3.02. The lowest BCUT2D eigenvalue weighted by Crippen LogP contribution is -2.04. The van der Waals surface area contributed by atoms with E-state index in [4.69, 9.17) is 10.2 Å². The summed E-state index contributed by atoms with van der Waals surface area (Å²) in [6.07, 6.45) is 0. The zero-order chi connectivity index (χ0) is 14.9. The second-order valence-corrected chi connectivity index (χ2v) is 4.07. The van der Waals surface area contributed by atoms with E-state index < -0.39 is 11.9 Å². The molecule has 0 unspecified atom stereocenters. The van der Waals surface area contributed by atoms with Gasteiger partial charge in [0.05, 0.1) is 11.1 Å². The smallest absolute Gasteiger partial charge is 0.336 e. The zero-order valence-electron chi connectivity index (χ0n) is 10.1. The van der Waals surface area contributed by atoms with Gasteiger partial charge in [0.1, 0.15) is 11.5 Å². The number of benzene rings is 2. The molecule has 2 aromatic carbocycles. The molecule has 0 radical (unpaired) electrons. The van der Waals surface area contributed by atoms with Gasteiger partial charge < -0.3 is 20.4 Å². The molecule has 0 fully saturated rings. The largest absolute Gasteiger partial charge is 0.508 e. The summed E-state index contributed by atoms with van der Waals surface area (Å²) < 4.78 is 0. The Morgan fingerprint density at radius 2 is 1.45 bits per heavy atom. The number of carboxylic acids is 2. The average Bonchev–Trinajstić information content (AvgIpc) is 2.38. The molecule has 0 aliphatic heterocycles. The number of phenolic OH excluding ortho intramolecular Hbond substituents is 2. The minimum absolute atomic E-state index is 0.162. The second-order valence-electron chi connectivity index (χ2n) is 4.07. The summed E-state index contributed by atoms with van der Waals surface area (Å²) >= 11 is 0. The van der Waals surface area contributed by atoms with Gasteiger partial charge in [-0.3, -0.25) is 0 Å². The van der Waals surface area contributed by atoms with E-state index in [9.17, 15) is 19.8 Å². The van der Waals surface area contributed by atoms with Crippen LogP contribution in [0.4, 0.5) is 0 Å². The van der Waals surface area contributed by atoms with Crippen LogP contribution in [-0.2, 0) is 0 Å². The summed E-state index contributed by atoms with van der Waals surface area (Å²) in [7, 11) is 0. The van der Waals surface area contributed by atoms with Crippen molar-refractivity contribution >= 4 is 11.9 Å². The van der Waals surface area contributed by atoms with Gasteiger partial charge in [-0.25, -0.2) is 9.59 Å². The number of aromatic hydroxyl groups is 2. The van der Waals surface area contributed by atoms with Crippen LogP contribution in [0.15, 0.2) is 36.4 Å². The summed E-state index contributed by atoms with van der Waals surface area (Å²) in [5.41, 5.74) is -0.0487. The second kappa shape index (κ2) is 4.93. The maximum absolute atomic E-state index is 11.2. The lowest BCUT2D eigenvalue weighted by atomic mass is 9.96. The van der Waals surface area contributed by atoms with Gasteiger partial charge in [0.2, 0.25) is 0 Å². The van der Waals surface area contributed by atoms with Crippen LogP contribution in [0.25, 0.3) is 11.1 Å². The third kappa shape index (κ3) is 2.39. The van der Waals surface area contributed by atoms with Crippen molar-refractivity contribution < 1.29 is 30.0 Å². The number of aromatic carboxylic acids is 2. The highest BCUT2D eigenvalue weighted by Gasteiger charge is 2.17. The highest BCUT2D eigenvalue weighted by Crippen LogP contribution is 2.34. The van der Waals surface area contributed by atoms with Gasteiger partial charge in [0.15, 0.2) is 0 Å². The summed E-state index contributed by atoms with van der Waals surface area (Å²) in [4.78, 5) is 22.1. The number of phenols is 2. The Bertz CT molecular complexity index is 705. The third-order valence-electron chi connectivity index (χ3n) is 2.77. The van der Waals surface area contributed by atoms with E-state index in [1.165, 1.54) is 24.3 Å². The molecule has 0 aliphatic rings. The first-order valence-electron chi connectivity index (χ1n) is 5.53. The van der Waals surface area contributed by atoms with Gasteiger partial charge in [0.25, 0.3) is 0 Å². The van der Waals surface area contributed by atoms with Crippen molar-refractivity contribution in [1.29, 1.82) is 0 Å². The van der Waals surface area contributed by atoms with Gasteiger partial charge in [-0.1, -0.05) is 6.07 Å². The summed E-state index contributed by atoms with van der Waals surface area (Å²) in [6, 6.07) is 7.30. The van der Waals surface area contributed by atoms with E-state index in [-0.39, 0.29) is 33.8 Å². The van der Waals surface area contributed by atoms with Gasteiger partial charge in [-0.15, -0.1) is 0 Å². The summed E-state index contributed by atoms with van der Waals surface area (Å²) in [5, 5.41) is 37.0. The van der Waals surface area contributed by atoms with Crippen molar-refractivity contribution in [2.75, 3.05) is 0 Å².